The molecule has 6 nitrogen and oxygen atoms in total. The fourth-order valence-electron chi connectivity index (χ4n) is 1.59. The summed E-state index contributed by atoms with van der Waals surface area (Å²) in [5, 5.41) is 11.5. The summed E-state index contributed by atoms with van der Waals surface area (Å²) in [4.78, 5) is 26.6. The van der Waals surface area contributed by atoms with Crippen molar-refractivity contribution >= 4 is 11.9 Å². The maximum absolute atomic E-state index is 11.8. The Morgan fingerprint density at radius 3 is 2.42 bits per heavy atom. The number of benzene rings is 1. The van der Waals surface area contributed by atoms with Gasteiger partial charge in [0, 0.05) is 25.0 Å². The molecule has 0 bridgehead atoms. The quantitative estimate of drug-likeness (QED) is 0.859. The third-order valence-electron chi connectivity index (χ3n) is 2.72. The van der Waals surface area contributed by atoms with E-state index in [1.54, 1.807) is 12.4 Å². The Labute approximate surface area is 109 Å². The average molecular weight is 259 g/mol. The number of carboxylic acids is 1. The Morgan fingerprint density at radius 1 is 1.26 bits per heavy atom. The number of nitrogens with zero attached hydrogens (tertiary/aromatic N) is 2. The highest BCUT2D eigenvalue weighted by molar-refractivity contribution is 5.95. The van der Waals surface area contributed by atoms with Crippen molar-refractivity contribution in [2.75, 3.05) is 0 Å². The minimum Gasteiger partial charge on any atom is -0.478 e. The van der Waals surface area contributed by atoms with Crippen molar-refractivity contribution in [1.82, 2.24) is 14.9 Å². The molecule has 98 valence electrons. The summed E-state index contributed by atoms with van der Waals surface area (Å²) in [7, 11) is 1.84. The second-order valence-electron chi connectivity index (χ2n) is 4.02. The first-order chi connectivity index (χ1) is 9.08. The molecule has 0 fully saturated rings. The van der Waals surface area contributed by atoms with Crippen LogP contribution in [0.25, 0.3) is 0 Å². The molecule has 6 heteroatoms. The number of aromatic carboxylic acids is 1. The van der Waals surface area contributed by atoms with Crippen LogP contribution in [0.15, 0.2) is 36.7 Å². The molecule has 0 atom stereocenters. The van der Waals surface area contributed by atoms with E-state index in [1.165, 1.54) is 24.3 Å². The number of aromatic nitrogens is 2. The van der Waals surface area contributed by atoms with Crippen molar-refractivity contribution < 1.29 is 14.7 Å². The molecule has 2 N–H and O–H groups in total. The van der Waals surface area contributed by atoms with Gasteiger partial charge in [0.1, 0.15) is 5.82 Å². The molecule has 0 aliphatic rings. The van der Waals surface area contributed by atoms with Crippen molar-refractivity contribution in [3.05, 3.63) is 53.6 Å². The molecule has 19 heavy (non-hydrogen) atoms. The van der Waals surface area contributed by atoms with E-state index in [0.717, 1.165) is 5.82 Å². The molecule has 1 aromatic heterocycles. The highest BCUT2D eigenvalue weighted by Gasteiger charge is 2.08. The zero-order valence-electron chi connectivity index (χ0n) is 10.3. The maximum atomic E-state index is 11.8. The predicted molar refractivity (Wildman–Crippen MR) is 67.8 cm³/mol. The average Bonchev–Trinajstić information content (AvgIpc) is 2.81. The highest BCUT2D eigenvalue weighted by atomic mass is 16.4. The maximum Gasteiger partial charge on any atom is 0.335 e. The Morgan fingerprint density at radius 2 is 1.89 bits per heavy atom. The molecule has 2 aromatic rings. The standard InChI is InChI=1S/C13H13N3O3/c1-16-7-6-14-11(16)8-15-12(17)9-2-4-10(5-3-9)13(18)19/h2-7H,8H2,1H3,(H,15,17)(H,18,19). The lowest BCUT2D eigenvalue weighted by Crippen LogP contribution is -2.24. The van der Waals surface area contributed by atoms with Crippen LogP contribution in [-0.4, -0.2) is 26.5 Å². The van der Waals surface area contributed by atoms with Gasteiger partial charge in [-0.15, -0.1) is 0 Å². The van der Waals surface area contributed by atoms with E-state index in [-0.39, 0.29) is 11.5 Å². The lowest BCUT2D eigenvalue weighted by molar-refractivity contribution is 0.0696. The van der Waals surface area contributed by atoms with Gasteiger partial charge in [-0.05, 0) is 24.3 Å². The van der Waals surface area contributed by atoms with Crippen LogP contribution in [0.3, 0.4) is 0 Å². The molecule has 0 radical (unpaired) electrons. The van der Waals surface area contributed by atoms with Crippen LogP contribution in [-0.2, 0) is 13.6 Å². The monoisotopic (exact) mass is 259 g/mol. The molecule has 0 aliphatic carbocycles. The lowest BCUT2D eigenvalue weighted by atomic mass is 10.1. The molecule has 0 saturated heterocycles. The number of hydrogen-bond donors (Lipinski definition) is 2. The van der Waals surface area contributed by atoms with Gasteiger partial charge in [-0.25, -0.2) is 9.78 Å². The predicted octanol–water partition coefficient (Wildman–Crippen LogP) is 1.05. The largest absolute Gasteiger partial charge is 0.478 e. The van der Waals surface area contributed by atoms with Gasteiger partial charge in [0.05, 0.1) is 12.1 Å². The molecule has 2 rings (SSSR count). The van der Waals surface area contributed by atoms with Gasteiger partial charge in [0.2, 0.25) is 0 Å². The molecule has 0 aliphatic heterocycles. The first-order valence-corrected chi connectivity index (χ1v) is 5.65. The van der Waals surface area contributed by atoms with E-state index in [0.29, 0.717) is 12.1 Å². The third-order valence-corrected chi connectivity index (χ3v) is 2.72. The van der Waals surface area contributed by atoms with E-state index < -0.39 is 5.97 Å². The number of rotatable bonds is 4. The first kappa shape index (κ1) is 12.8. The molecule has 1 heterocycles. The Balaban J connectivity index is 2.00. The number of aryl methyl sites for hydroxylation is 1. The normalized spacial score (nSPS) is 10.2. The van der Waals surface area contributed by atoms with Gasteiger partial charge in [-0.2, -0.15) is 0 Å². The Bertz CT molecular complexity index is 602. The minimum absolute atomic E-state index is 0.153. The van der Waals surface area contributed by atoms with E-state index >= 15 is 0 Å². The minimum atomic E-state index is -1.01. The van der Waals surface area contributed by atoms with Crippen LogP contribution in [0.5, 0.6) is 0 Å². The zero-order valence-corrected chi connectivity index (χ0v) is 10.3. The topological polar surface area (TPSA) is 84.2 Å². The summed E-state index contributed by atoms with van der Waals surface area (Å²) in [5.41, 5.74) is 0.569. The summed E-state index contributed by atoms with van der Waals surface area (Å²) >= 11 is 0. The molecule has 0 saturated carbocycles. The molecular weight excluding hydrogens is 246 g/mol. The van der Waals surface area contributed by atoms with Crippen LogP contribution in [0, 0.1) is 0 Å². The smallest absolute Gasteiger partial charge is 0.335 e. The van der Waals surface area contributed by atoms with Crippen molar-refractivity contribution in [1.29, 1.82) is 0 Å². The number of hydrogen-bond acceptors (Lipinski definition) is 3. The van der Waals surface area contributed by atoms with Crippen LogP contribution < -0.4 is 5.32 Å². The first-order valence-electron chi connectivity index (χ1n) is 5.65. The number of carboxylic acid groups (broad SMARTS) is 1. The number of imidazole rings is 1. The summed E-state index contributed by atoms with van der Waals surface area (Å²) in [5.74, 6) is -0.532. The SMILES string of the molecule is Cn1ccnc1CNC(=O)c1ccc(C(=O)O)cc1. The number of carbonyl (C=O) groups is 2. The van der Waals surface area contributed by atoms with Gasteiger partial charge in [-0.1, -0.05) is 0 Å². The van der Waals surface area contributed by atoms with Crippen molar-refractivity contribution in [2.24, 2.45) is 7.05 Å². The number of carbonyl (C=O) groups excluding carboxylic acids is 1. The molecule has 0 unspecified atom stereocenters. The summed E-state index contributed by atoms with van der Waals surface area (Å²) < 4.78 is 1.81. The Hall–Kier alpha value is -2.63. The van der Waals surface area contributed by atoms with Crippen LogP contribution in [0.2, 0.25) is 0 Å². The molecule has 0 spiro atoms. The van der Waals surface area contributed by atoms with Crippen molar-refractivity contribution in [2.45, 2.75) is 6.54 Å². The lowest BCUT2D eigenvalue weighted by Gasteiger charge is -2.05. The summed E-state index contributed by atoms with van der Waals surface area (Å²) in [6.45, 7) is 0.322. The van der Waals surface area contributed by atoms with Gasteiger partial charge in [0.15, 0.2) is 0 Å². The van der Waals surface area contributed by atoms with Crippen LogP contribution in [0.1, 0.15) is 26.5 Å². The fourth-order valence-corrected chi connectivity index (χ4v) is 1.59. The fraction of sp³-hybridized carbons (Fsp3) is 0.154. The van der Waals surface area contributed by atoms with E-state index in [2.05, 4.69) is 10.3 Å². The summed E-state index contributed by atoms with van der Waals surface area (Å²) in [6.07, 6.45) is 3.45. The third kappa shape index (κ3) is 2.98. The second kappa shape index (κ2) is 5.34. The molecule has 1 amide bonds. The highest BCUT2D eigenvalue weighted by Crippen LogP contribution is 2.05. The van der Waals surface area contributed by atoms with E-state index in [9.17, 15) is 9.59 Å². The van der Waals surface area contributed by atoms with Gasteiger partial charge >= 0.3 is 5.97 Å². The molecule has 1 aromatic carbocycles. The van der Waals surface area contributed by atoms with Crippen LogP contribution in [0.4, 0.5) is 0 Å². The van der Waals surface area contributed by atoms with Crippen LogP contribution >= 0.6 is 0 Å². The summed E-state index contributed by atoms with van der Waals surface area (Å²) in [6, 6.07) is 5.77. The van der Waals surface area contributed by atoms with Gasteiger partial charge in [-0.3, -0.25) is 4.79 Å². The molecular formula is C13H13N3O3. The Kier molecular flexibility index (Phi) is 3.61. The van der Waals surface area contributed by atoms with Crippen molar-refractivity contribution in [3.63, 3.8) is 0 Å². The van der Waals surface area contributed by atoms with E-state index in [4.69, 9.17) is 5.11 Å². The number of nitrogens with one attached hydrogen (secondary N) is 1. The zero-order chi connectivity index (χ0) is 13.8. The number of amides is 1. The van der Waals surface area contributed by atoms with E-state index in [1.807, 2.05) is 11.6 Å². The van der Waals surface area contributed by atoms with Gasteiger partial charge in [0.25, 0.3) is 5.91 Å². The second-order valence-corrected chi connectivity index (χ2v) is 4.02. The van der Waals surface area contributed by atoms with Gasteiger partial charge < -0.3 is 15.0 Å². The van der Waals surface area contributed by atoms with Crippen molar-refractivity contribution in [3.8, 4) is 0 Å².